The third-order valence-corrected chi connectivity index (χ3v) is 11.9. The molecule has 3 saturated heterocycles. The fourth-order valence-corrected chi connectivity index (χ4v) is 8.45. The lowest BCUT2D eigenvalue weighted by atomic mass is 9.92. The minimum absolute atomic E-state index is 0.0225. The topological polar surface area (TPSA) is 175 Å². The molecule has 6 rings (SSSR count). The number of benzene rings is 2. The lowest BCUT2D eigenvalue weighted by molar-refractivity contribution is -0.142. The van der Waals surface area contributed by atoms with Gasteiger partial charge in [-0.1, -0.05) is 85.8 Å². The average Bonchev–Trinajstić information content (AvgIpc) is 3.73. The van der Waals surface area contributed by atoms with Crippen LogP contribution in [0.1, 0.15) is 63.0 Å². The number of piperazine rings is 1. The number of nitrogens with zero attached hydrogens (tertiary/aromatic N) is 3. The zero-order valence-corrected chi connectivity index (χ0v) is 35.2. The SMILES string of the molecule is C=C(Oc1ncc(CC(=O)N[C@@H](CCc2ccccc2)C(=O)N[C@H]2CC(C)N([C@@H](Cc3ccccc3)C(=O)N[C@@H](CC(C)C)C(=O)C3(C)CO3)C2=O)s1)N1CCNCC1. The van der Waals surface area contributed by atoms with E-state index in [-0.39, 0.29) is 43.3 Å². The van der Waals surface area contributed by atoms with Crippen molar-refractivity contribution < 1.29 is 33.4 Å². The highest BCUT2D eigenvalue weighted by Crippen LogP contribution is 2.31. The van der Waals surface area contributed by atoms with Gasteiger partial charge in [-0.2, -0.15) is 0 Å². The van der Waals surface area contributed by atoms with Gasteiger partial charge in [-0.3, -0.25) is 24.0 Å². The van der Waals surface area contributed by atoms with Crippen molar-refractivity contribution in [3.05, 3.63) is 95.3 Å². The summed E-state index contributed by atoms with van der Waals surface area (Å²) in [7, 11) is 0. The summed E-state index contributed by atoms with van der Waals surface area (Å²) in [5.41, 5.74) is 0.910. The standard InChI is InChI=1S/C44H57N7O7S/c1-28(2)22-35(39(53)44(5)27-57-44)48-41(55)37(24-32-14-10-7-11-15-32)51-29(3)23-36(42(51)56)49-40(54)34(17-16-31-12-8-6-9-13-31)47-38(52)25-33-26-46-43(59-33)58-30(4)50-20-18-45-19-21-50/h6-15,26,28-29,34-37,45H,4,16-25,27H2,1-3,5H3,(H,47,52)(H,48,55)(H,49,54)/t29?,34-,35-,36-,37-,44?/m0/s1. The van der Waals surface area contributed by atoms with E-state index in [1.807, 2.05) is 86.3 Å². The van der Waals surface area contributed by atoms with Crippen LogP contribution < -0.4 is 26.0 Å². The van der Waals surface area contributed by atoms with Gasteiger partial charge in [0.15, 0.2) is 11.7 Å². The normalized spacial score (nSPS) is 21.7. The Kier molecular flexibility index (Phi) is 14.6. The summed E-state index contributed by atoms with van der Waals surface area (Å²) in [6.07, 6.45) is 3.24. The maximum Gasteiger partial charge on any atom is 0.280 e. The van der Waals surface area contributed by atoms with Gasteiger partial charge in [-0.25, -0.2) is 4.98 Å². The number of rotatable bonds is 20. The minimum Gasteiger partial charge on any atom is -0.415 e. The number of hydrogen-bond acceptors (Lipinski definition) is 11. The summed E-state index contributed by atoms with van der Waals surface area (Å²) >= 11 is 1.24. The lowest BCUT2D eigenvalue weighted by Crippen LogP contribution is -2.57. The second kappa shape index (κ2) is 19.8. The molecule has 4 N–H and O–H groups in total. The van der Waals surface area contributed by atoms with Gasteiger partial charge in [0.2, 0.25) is 23.6 Å². The number of epoxide rings is 1. The summed E-state index contributed by atoms with van der Waals surface area (Å²) < 4.78 is 11.3. The van der Waals surface area contributed by atoms with Crippen LogP contribution in [-0.2, 0) is 48.0 Å². The van der Waals surface area contributed by atoms with Crippen molar-refractivity contribution in [1.29, 1.82) is 0 Å². The van der Waals surface area contributed by atoms with Gasteiger partial charge in [0.1, 0.15) is 23.7 Å². The van der Waals surface area contributed by atoms with E-state index in [2.05, 4.69) is 32.8 Å². The number of ether oxygens (including phenoxy) is 2. The molecule has 4 amide bonds. The molecule has 6 atom stereocenters. The molecule has 3 aromatic rings. The van der Waals surface area contributed by atoms with Crippen LogP contribution in [0.4, 0.5) is 0 Å². The number of ketones is 1. The Labute approximate surface area is 350 Å². The second-order valence-corrected chi connectivity index (χ2v) is 17.4. The molecule has 59 heavy (non-hydrogen) atoms. The van der Waals surface area contributed by atoms with Crippen LogP contribution in [-0.4, -0.2) is 113 Å². The van der Waals surface area contributed by atoms with Gasteiger partial charge in [0.05, 0.1) is 19.1 Å². The number of thiazole rings is 1. The highest BCUT2D eigenvalue weighted by molar-refractivity contribution is 7.13. The molecular weight excluding hydrogens is 771 g/mol. The van der Waals surface area contributed by atoms with Crippen LogP contribution in [0.2, 0.25) is 0 Å². The van der Waals surface area contributed by atoms with E-state index in [4.69, 9.17) is 9.47 Å². The Morgan fingerprint density at radius 2 is 1.66 bits per heavy atom. The second-order valence-electron chi connectivity index (χ2n) is 16.3. The Hall–Kier alpha value is -5.12. The molecule has 3 aliphatic rings. The van der Waals surface area contributed by atoms with Crippen LogP contribution in [0.25, 0.3) is 0 Å². The minimum atomic E-state index is -0.951. The first-order valence-corrected chi connectivity index (χ1v) is 21.4. The number of carbonyl (C=O) groups is 5. The number of Topliss-reactive ketones (excluding diaryl/α,β-unsaturated/α-hetero) is 1. The predicted molar refractivity (Wildman–Crippen MR) is 224 cm³/mol. The van der Waals surface area contributed by atoms with E-state index < -0.39 is 53.5 Å². The molecule has 0 aliphatic carbocycles. The van der Waals surface area contributed by atoms with Gasteiger partial charge < -0.3 is 40.5 Å². The maximum absolute atomic E-state index is 14.3. The number of amides is 4. The smallest absolute Gasteiger partial charge is 0.280 e. The highest BCUT2D eigenvalue weighted by atomic mass is 32.1. The van der Waals surface area contributed by atoms with Crippen molar-refractivity contribution >= 4 is 40.7 Å². The quantitative estimate of drug-likeness (QED) is 0.0979. The molecule has 1 aromatic heterocycles. The van der Waals surface area contributed by atoms with Crippen LogP contribution in [0.3, 0.4) is 0 Å². The summed E-state index contributed by atoms with van der Waals surface area (Å²) in [5, 5.41) is 12.5. The Morgan fingerprint density at radius 3 is 2.31 bits per heavy atom. The molecule has 2 unspecified atom stereocenters. The molecule has 3 fully saturated rings. The molecule has 4 heterocycles. The van der Waals surface area contributed by atoms with Gasteiger partial charge >= 0.3 is 0 Å². The van der Waals surface area contributed by atoms with Crippen molar-refractivity contribution in [3.63, 3.8) is 0 Å². The molecule has 0 saturated carbocycles. The first-order valence-electron chi connectivity index (χ1n) is 20.5. The number of nitrogens with one attached hydrogen (secondary N) is 4. The Balaban J connectivity index is 1.14. The predicted octanol–water partition coefficient (Wildman–Crippen LogP) is 3.16. The van der Waals surface area contributed by atoms with Crippen LogP contribution in [0.15, 0.2) is 79.3 Å². The molecule has 316 valence electrons. The molecule has 15 heteroatoms. The summed E-state index contributed by atoms with van der Waals surface area (Å²) in [5.74, 6) is -1.29. The number of hydrogen-bond donors (Lipinski definition) is 4. The number of likely N-dealkylation sites (tertiary alicyclic amines) is 1. The number of aromatic nitrogens is 1. The monoisotopic (exact) mass is 827 g/mol. The van der Waals surface area contributed by atoms with Crippen LogP contribution in [0.5, 0.6) is 5.19 Å². The maximum atomic E-state index is 14.3. The molecule has 0 spiro atoms. The van der Waals surface area contributed by atoms with E-state index in [1.165, 1.54) is 16.2 Å². The van der Waals surface area contributed by atoms with Crippen molar-refractivity contribution in [2.45, 2.75) is 102 Å². The molecular formula is C44H57N7O7S. The zero-order chi connectivity index (χ0) is 42.1. The van der Waals surface area contributed by atoms with E-state index >= 15 is 0 Å². The largest absolute Gasteiger partial charge is 0.415 e. The summed E-state index contributed by atoms with van der Waals surface area (Å²) in [6.45, 7) is 15.1. The van der Waals surface area contributed by atoms with E-state index in [1.54, 1.807) is 13.1 Å². The van der Waals surface area contributed by atoms with Gasteiger partial charge in [-0.15, -0.1) is 0 Å². The number of aryl methyl sites for hydroxylation is 1. The van der Waals surface area contributed by atoms with Gasteiger partial charge in [0.25, 0.3) is 5.19 Å². The summed E-state index contributed by atoms with van der Waals surface area (Å²) in [4.78, 5) is 78.2. The molecule has 3 aliphatic heterocycles. The van der Waals surface area contributed by atoms with E-state index in [0.29, 0.717) is 35.4 Å². The fraction of sp³-hybridized carbons (Fsp3) is 0.500. The van der Waals surface area contributed by atoms with Crippen molar-refractivity contribution in [2.24, 2.45) is 5.92 Å². The van der Waals surface area contributed by atoms with Gasteiger partial charge in [-0.05, 0) is 63.2 Å². The average molecular weight is 828 g/mol. The van der Waals surface area contributed by atoms with E-state index in [9.17, 15) is 24.0 Å². The lowest BCUT2D eigenvalue weighted by Gasteiger charge is -2.33. The van der Waals surface area contributed by atoms with Crippen LogP contribution in [0, 0.1) is 5.92 Å². The van der Waals surface area contributed by atoms with Crippen molar-refractivity contribution in [1.82, 2.24) is 36.1 Å². The third-order valence-electron chi connectivity index (χ3n) is 11.0. The van der Waals surface area contributed by atoms with Crippen LogP contribution >= 0.6 is 11.3 Å². The fourth-order valence-electron chi connectivity index (χ4n) is 7.68. The third kappa shape index (κ3) is 11.8. The van der Waals surface area contributed by atoms with Crippen molar-refractivity contribution in [2.75, 3.05) is 32.8 Å². The first-order chi connectivity index (χ1) is 28.3. The number of carbonyl (C=O) groups excluding carboxylic acids is 5. The molecule has 0 radical (unpaired) electrons. The molecule has 0 bridgehead atoms. The first kappa shape index (κ1) is 43.5. The molecule has 14 nitrogen and oxygen atoms in total. The van der Waals surface area contributed by atoms with Crippen molar-refractivity contribution in [3.8, 4) is 5.19 Å². The highest BCUT2D eigenvalue weighted by Gasteiger charge is 2.51. The Bertz CT molecular complexity index is 1950. The zero-order valence-electron chi connectivity index (χ0n) is 34.4. The van der Waals surface area contributed by atoms with E-state index in [0.717, 1.165) is 37.3 Å². The van der Waals surface area contributed by atoms with Gasteiger partial charge in [0, 0.05) is 49.7 Å². The Morgan fingerprint density at radius 1 is 1.00 bits per heavy atom. The summed E-state index contributed by atoms with van der Waals surface area (Å²) in [6, 6.07) is 15.0. The molecule has 2 aromatic carbocycles.